The van der Waals surface area contributed by atoms with Crippen molar-refractivity contribution in [1.82, 2.24) is 25.1 Å². The van der Waals surface area contributed by atoms with Gasteiger partial charge in [-0.2, -0.15) is 0 Å². The summed E-state index contributed by atoms with van der Waals surface area (Å²) in [5.74, 6) is 0. The molecule has 0 fully saturated rings. The monoisotopic (exact) mass is 327 g/mol. The highest BCUT2D eigenvalue weighted by Gasteiger charge is 2.14. The second-order valence-electron chi connectivity index (χ2n) is 4.65. The van der Waals surface area contributed by atoms with E-state index in [9.17, 15) is 0 Å². The van der Waals surface area contributed by atoms with Crippen molar-refractivity contribution in [3.8, 4) is 9.88 Å². The fourth-order valence-electron chi connectivity index (χ4n) is 1.88. The first-order valence-electron chi connectivity index (χ1n) is 7.18. The number of ether oxygens (including phenoxy) is 1. The van der Waals surface area contributed by atoms with Crippen LogP contribution in [0.5, 0.6) is 0 Å². The second kappa shape index (κ2) is 9.14. The fraction of sp³-hybridized carbons (Fsp3) is 0.692. The van der Waals surface area contributed by atoms with E-state index in [1.807, 2.05) is 0 Å². The molecule has 21 heavy (non-hydrogen) atoms. The summed E-state index contributed by atoms with van der Waals surface area (Å²) in [4.78, 5) is 1.08. The van der Waals surface area contributed by atoms with Gasteiger partial charge in [0.25, 0.3) is 0 Å². The van der Waals surface area contributed by atoms with E-state index in [0.717, 1.165) is 66.0 Å². The lowest BCUT2D eigenvalue weighted by Crippen LogP contribution is -2.20. The molecule has 0 saturated carbocycles. The molecular formula is C13H21N5OS2. The molecule has 0 radical (unpaired) electrons. The van der Waals surface area contributed by atoms with Crippen molar-refractivity contribution < 1.29 is 4.74 Å². The Morgan fingerprint density at radius 3 is 2.86 bits per heavy atom. The summed E-state index contributed by atoms with van der Waals surface area (Å²) in [6.45, 7) is 4.76. The molecule has 0 unspecified atom stereocenters. The van der Waals surface area contributed by atoms with Crippen LogP contribution >= 0.6 is 22.9 Å². The molecular weight excluding hydrogens is 306 g/mol. The lowest BCUT2D eigenvalue weighted by molar-refractivity contribution is 0.199. The fourth-order valence-corrected chi connectivity index (χ4v) is 3.55. The highest BCUT2D eigenvalue weighted by Crippen LogP contribution is 2.29. The maximum absolute atomic E-state index is 4.99. The minimum Gasteiger partial charge on any atom is -0.383 e. The summed E-state index contributed by atoms with van der Waals surface area (Å²) in [6, 6.07) is 0. The Kier molecular flexibility index (Phi) is 7.14. The van der Waals surface area contributed by atoms with Crippen molar-refractivity contribution >= 4 is 22.9 Å². The van der Waals surface area contributed by atoms with Crippen LogP contribution in [0.2, 0.25) is 0 Å². The number of methoxy groups -OCH3 is 1. The molecule has 8 heteroatoms. The van der Waals surface area contributed by atoms with Crippen LogP contribution in [-0.4, -0.2) is 46.6 Å². The summed E-state index contributed by atoms with van der Waals surface area (Å²) >= 11 is 3.07. The van der Waals surface area contributed by atoms with Crippen molar-refractivity contribution in [3.05, 3.63) is 10.7 Å². The average Bonchev–Trinajstić information content (AvgIpc) is 3.12. The highest BCUT2D eigenvalue weighted by molar-refractivity contribution is 7.19. The van der Waals surface area contributed by atoms with Gasteiger partial charge in [0.15, 0.2) is 5.01 Å². The Bertz CT molecular complexity index is 528. The van der Waals surface area contributed by atoms with Crippen LogP contribution in [-0.2, 0) is 17.6 Å². The number of aromatic nitrogens is 4. The minimum atomic E-state index is 0.752. The molecule has 0 saturated heterocycles. The van der Waals surface area contributed by atoms with Crippen LogP contribution in [0, 0.1) is 0 Å². The molecule has 0 bridgehead atoms. The Labute approximate surface area is 133 Å². The zero-order chi connectivity index (χ0) is 14.9. The summed E-state index contributed by atoms with van der Waals surface area (Å²) in [5.41, 5.74) is 1.05. The minimum absolute atomic E-state index is 0.752. The van der Waals surface area contributed by atoms with Crippen LogP contribution in [0.1, 0.15) is 30.5 Å². The van der Waals surface area contributed by atoms with E-state index in [-0.39, 0.29) is 0 Å². The summed E-state index contributed by atoms with van der Waals surface area (Å²) in [5, 5.41) is 18.1. The van der Waals surface area contributed by atoms with Crippen LogP contribution in [0.3, 0.4) is 0 Å². The third-order valence-corrected chi connectivity index (χ3v) is 4.84. The number of nitrogens with zero attached hydrogens (tertiary/aromatic N) is 4. The average molecular weight is 327 g/mol. The van der Waals surface area contributed by atoms with Crippen LogP contribution in [0.15, 0.2) is 0 Å². The lowest BCUT2D eigenvalue weighted by atomic mass is 10.2. The van der Waals surface area contributed by atoms with Crippen LogP contribution < -0.4 is 5.32 Å². The second-order valence-corrected chi connectivity index (χ2v) is 6.46. The van der Waals surface area contributed by atoms with Gasteiger partial charge in [-0.3, -0.25) is 0 Å². The van der Waals surface area contributed by atoms with Gasteiger partial charge in [-0.15, -0.1) is 15.3 Å². The predicted octanol–water partition coefficient (Wildman–Crippen LogP) is 2.18. The van der Waals surface area contributed by atoms with Gasteiger partial charge in [-0.25, -0.2) is 0 Å². The van der Waals surface area contributed by atoms with Crippen LogP contribution in [0.25, 0.3) is 9.88 Å². The van der Waals surface area contributed by atoms with Crippen LogP contribution in [0.4, 0.5) is 0 Å². The van der Waals surface area contributed by atoms with Gasteiger partial charge in [0, 0.05) is 20.1 Å². The first kappa shape index (κ1) is 16.4. The quantitative estimate of drug-likeness (QED) is 0.674. The predicted molar refractivity (Wildman–Crippen MR) is 85.9 cm³/mol. The smallest absolute Gasteiger partial charge is 0.161 e. The van der Waals surface area contributed by atoms with E-state index in [1.165, 1.54) is 11.5 Å². The molecule has 1 N–H and O–H groups in total. The van der Waals surface area contributed by atoms with E-state index >= 15 is 0 Å². The highest BCUT2D eigenvalue weighted by atomic mass is 32.1. The molecule has 2 aromatic rings. The maximum Gasteiger partial charge on any atom is 0.161 e. The third-order valence-electron chi connectivity index (χ3n) is 2.93. The largest absolute Gasteiger partial charge is 0.383 e. The first-order valence-corrected chi connectivity index (χ1v) is 8.77. The third kappa shape index (κ3) is 5.06. The molecule has 116 valence electrons. The Balaban J connectivity index is 1.82. The Hall–Kier alpha value is -0.960. The van der Waals surface area contributed by atoms with Gasteiger partial charge in [-0.05, 0) is 30.9 Å². The Morgan fingerprint density at radius 1 is 1.14 bits per heavy atom. The van der Waals surface area contributed by atoms with E-state index < -0.39 is 0 Å². The van der Waals surface area contributed by atoms with Crippen molar-refractivity contribution in [3.63, 3.8) is 0 Å². The molecule has 2 aromatic heterocycles. The SMILES string of the molecule is CCCc1nnsc1-c1nnc(CCCNCCOC)s1. The molecule has 2 heterocycles. The number of aryl methyl sites for hydroxylation is 2. The zero-order valence-electron chi connectivity index (χ0n) is 12.5. The van der Waals surface area contributed by atoms with E-state index in [4.69, 9.17) is 4.74 Å². The number of hydrogen-bond acceptors (Lipinski definition) is 8. The van der Waals surface area contributed by atoms with E-state index in [1.54, 1.807) is 18.4 Å². The summed E-state index contributed by atoms with van der Waals surface area (Å²) < 4.78 is 9.03. The molecule has 0 aliphatic heterocycles. The summed E-state index contributed by atoms with van der Waals surface area (Å²) in [7, 11) is 1.71. The van der Waals surface area contributed by atoms with Gasteiger partial charge in [0.1, 0.15) is 9.88 Å². The molecule has 0 aromatic carbocycles. The molecule has 6 nitrogen and oxygen atoms in total. The van der Waals surface area contributed by atoms with Gasteiger partial charge < -0.3 is 10.1 Å². The standard InChI is InChI=1S/C13H21N5OS2/c1-3-5-10-12(21-18-15-10)13-17-16-11(20-13)6-4-7-14-8-9-19-2/h14H,3-9H2,1-2H3. The van der Waals surface area contributed by atoms with Crippen molar-refractivity contribution in [2.45, 2.75) is 32.6 Å². The Morgan fingerprint density at radius 2 is 2.05 bits per heavy atom. The topological polar surface area (TPSA) is 72.8 Å². The first-order chi connectivity index (χ1) is 10.3. The van der Waals surface area contributed by atoms with E-state index in [2.05, 4.69) is 32.0 Å². The molecule has 2 rings (SSSR count). The van der Waals surface area contributed by atoms with Crippen molar-refractivity contribution in [2.75, 3.05) is 26.8 Å². The lowest BCUT2D eigenvalue weighted by Gasteiger charge is -2.01. The number of nitrogens with one attached hydrogen (secondary N) is 1. The molecule has 0 spiro atoms. The van der Waals surface area contributed by atoms with Crippen molar-refractivity contribution in [2.24, 2.45) is 0 Å². The number of hydrogen-bond donors (Lipinski definition) is 1. The normalized spacial score (nSPS) is 11.1. The zero-order valence-corrected chi connectivity index (χ0v) is 14.1. The van der Waals surface area contributed by atoms with Gasteiger partial charge in [-0.1, -0.05) is 29.2 Å². The molecule has 0 atom stereocenters. The molecule has 0 aliphatic carbocycles. The number of rotatable bonds is 10. The van der Waals surface area contributed by atoms with Gasteiger partial charge in [0.05, 0.1) is 12.3 Å². The molecule has 0 aliphatic rings. The van der Waals surface area contributed by atoms with Gasteiger partial charge >= 0.3 is 0 Å². The molecule has 0 amide bonds. The van der Waals surface area contributed by atoms with E-state index in [0.29, 0.717) is 0 Å². The summed E-state index contributed by atoms with van der Waals surface area (Å²) in [6.07, 6.45) is 4.02. The maximum atomic E-state index is 4.99. The van der Waals surface area contributed by atoms with Gasteiger partial charge in [0.2, 0.25) is 0 Å². The van der Waals surface area contributed by atoms with Crippen molar-refractivity contribution in [1.29, 1.82) is 0 Å².